The smallest absolute Gasteiger partial charge is 0.356 e. The van der Waals surface area contributed by atoms with Crippen molar-refractivity contribution in [3.63, 3.8) is 0 Å². The van der Waals surface area contributed by atoms with Crippen LogP contribution in [0.3, 0.4) is 0 Å². The monoisotopic (exact) mass is 267 g/mol. The van der Waals surface area contributed by atoms with Crippen LogP contribution in [0.2, 0.25) is 0 Å². The molecule has 2 rings (SSSR count). The van der Waals surface area contributed by atoms with Crippen molar-refractivity contribution < 1.29 is 24.2 Å². The topological polar surface area (TPSA) is 103 Å². The molecule has 1 aliphatic rings. The molecule has 19 heavy (non-hydrogen) atoms. The van der Waals surface area contributed by atoms with E-state index >= 15 is 0 Å². The van der Waals surface area contributed by atoms with E-state index < -0.39 is 5.97 Å². The second-order valence-corrected chi connectivity index (χ2v) is 3.76. The lowest BCUT2D eigenvalue weighted by atomic mass is 10.4. The molecule has 0 saturated carbocycles. The van der Waals surface area contributed by atoms with E-state index in [9.17, 15) is 9.59 Å². The molecule has 1 amide bonds. The first-order valence-electron chi connectivity index (χ1n) is 5.64. The molecule has 8 nitrogen and oxygen atoms in total. The van der Waals surface area contributed by atoms with E-state index in [1.807, 2.05) is 0 Å². The molecule has 0 aromatic carbocycles. The van der Waals surface area contributed by atoms with Crippen molar-refractivity contribution >= 4 is 11.9 Å². The van der Waals surface area contributed by atoms with Gasteiger partial charge in [-0.3, -0.25) is 4.79 Å². The van der Waals surface area contributed by atoms with Crippen LogP contribution in [0.1, 0.15) is 10.5 Å². The van der Waals surface area contributed by atoms with Crippen molar-refractivity contribution in [2.75, 3.05) is 19.8 Å². The van der Waals surface area contributed by atoms with E-state index in [0.29, 0.717) is 26.3 Å². The first-order valence-corrected chi connectivity index (χ1v) is 5.64. The number of amides is 1. The summed E-state index contributed by atoms with van der Waals surface area (Å²) < 4.78 is 11.7. The standard InChI is InChI=1S/C11H13N3O5/c15-10(9-6-18-3-4-19-9)12-1-2-14-5-8(11(16)17)13-7-14/h5-7H,1-4H2,(H,12,15)(H,16,17). The van der Waals surface area contributed by atoms with Gasteiger partial charge < -0.3 is 24.5 Å². The summed E-state index contributed by atoms with van der Waals surface area (Å²) in [6, 6.07) is 0. The van der Waals surface area contributed by atoms with Gasteiger partial charge in [-0.05, 0) is 0 Å². The number of aromatic carboxylic acids is 1. The summed E-state index contributed by atoms with van der Waals surface area (Å²) in [5.41, 5.74) is -0.0296. The largest absolute Gasteiger partial charge is 0.494 e. The molecular weight excluding hydrogens is 254 g/mol. The fourth-order valence-electron chi connectivity index (χ4n) is 1.47. The van der Waals surface area contributed by atoms with Crippen molar-refractivity contribution in [3.05, 3.63) is 30.2 Å². The Labute approximate surface area is 108 Å². The Bertz CT molecular complexity index is 508. The molecule has 0 aliphatic carbocycles. The SMILES string of the molecule is O=C(NCCn1cnc(C(=O)O)c1)C1=COCCO1. The van der Waals surface area contributed by atoms with Crippen LogP contribution in [0.4, 0.5) is 0 Å². The van der Waals surface area contributed by atoms with Gasteiger partial charge in [0.25, 0.3) is 5.91 Å². The van der Waals surface area contributed by atoms with E-state index in [1.165, 1.54) is 18.8 Å². The summed E-state index contributed by atoms with van der Waals surface area (Å²) in [7, 11) is 0. The summed E-state index contributed by atoms with van der Waals surface area (Å²) in [6.07, 6.45) is 4.07. The van der Waals surface area contributed by atoms with Crippen LogP contribution in [-0.2, 0) is 20.8 Å². The number of ether oxygens (including phenoxy) is 2. The Balaban J connectivity index is 1.78. The molecule has 2 heterocycles. The number of hydrogen-bond donors (Lipinski definition) is 2. The third-order valence-electron chi connectivity index (χ3n) is 2.38. The maximum atomic E-state index is 11.6. The van der Waals surface area contributed by atoms with Crippen molar-refractivity contribution in [1.82, 2.24) is 14.9 Å². The number of nitrogens with zero attached hydrogens (tertiary/aromatic N) is 2. The normalized spacial score (nSPS) is 14.0. The van der Waals surface area contributed by atoms with Crippen LogP contribution in [0, 0.1) is 0 Å². The molecule has 0 saturated heterocycles. The molecule has 0 unspecified atom stereocenters. The van der Waals surface area contributed by atoms with E-state index in [0.717, 1.165) is 0 Å². The highest BCUT2D eigenvalue weighted by Crippen LogP contribution is 2.03. The number of nitrogens with one attached hydrogen (secondary N) is 1. The van der Waals surface area contributed by atoms with Crippen molar-refractivity contribution in [1.29, 1.82) is 0 Å². The first-order chi connectivity index (χ1) is 9.16. The Morgan fingerprint density at radius 1 is 1.47 bits per heavy atom. The van der Waals surface area contributed by atoms with Gasteiger partial charge in [-0.2, -0.15) is 0 Å². The van der Waals surface area contributed by atoms with Crippen LogP contribution in [0.5, 0.6) is 0 Å². The lowest BCUT2D eigenvalue weighted by Crippen LogP contribution is -2.30. The molecule has 1 aliphatic heterocycles. The Kier molecular flexibility index (Phi) is 4.01. The average molecular weight is 267 g/mol. The summed E-state index contributed by atoms with van der Waals surface area (Å²) in [6.45, 7) is 1.53. The number of imidazole rings is 1. The fourth-order valence-corrected chi connectivity index (χ4v) is 1.47. The number of rotatable bonds is 5. The lowest BCUT2D eigenvalue weighted by molar-refractivity contribution is -0.122. The second-order valence-electron chi connectivity index (χ2n) is 3.76. The number of aromatic nitrogens is 2. The van der Waals surface area contributed by atoms with Crippen LogP contribution in [0.25, 0.3) is 0 Å². The second kappa shape index (κ2) is 5.89. The Morgan fingerprint density at radius 2 is 2.32 bits per heavy atom. The van der Waals surface area contributed by atoms with Crippen molar-refractivity contribution in [2.45, 2.75) is 6.54 Å². The van der Waals surface area contributed by atoms with Crippen LogP contribution in [0.15, 0.2) is 24.5 Å². The van der Waals surface area contributed by atoms with E-state index in [1.54, 1.807) is 4.57 Å². The molecule has 102 valence electrons. The van der Waals surface area contributed by atoms with E-state index in [-0.39, 0.29) is 17.4 Å². The van der Waals surface area contributed by atoms with Gasteiger partial charge in [0.05, 0.1) is 6.33 Å². The summed E-state index contributed by atoms with van der Waals surface area (Å²) in [5, 5.41) is 11.3. The molecule has 0 radical (unpaired) electrons. The molecule has 0 spiro atoms. The molecule has 0 fully saturated rings. The highest BCUT2D eigenvalue weighted by Gasteiger charge is 2.14. The number of carbonyl (C=O) groups excluding carboxylic acids is 1. The Morgan fingerprint density at radius 3 is 2.95 bits per heavy atom. The summed E-state index contributed by atoms with van der Waals surface area (Å²) >= 11 is 0. The predicted octanol–water partition coefficient (Wildman–Crippen LogP) is -0.414. The van der Waals surface area contributed by atoms with Gasteiger partial charge in [-0.1, -0.05) is 0 Å². The van der Waals surface area contributed by atoms with Crippen LogP contribution < -0.4 is 5.32 Å². The minimum atomic E-state index is -1.08. The fraction of sp³-hybridized carbons (Fsp3) is 0.364. The molecule has 2 N–H and O–H groups in total. The lowest BCUT2D eigenvalue weighted by Gasteiger charge is -2.14. The average Bonchev–Trinajstić information content (AvgIpc) is 2.89. The van der Waals surface area contributed by atoms with Gasteiger partial charge >= 0.3 is 5.97 Å². The third kappa shape index (κ3) is 3.47. The minimum absolute atomic E-state index is 0.0296. The number of carboxylic acid groups (broad SMARTS) is 1. The molecular formula is C11H13N3O5. The molecule has 0 bridgehead atoms. The highest BCUT2D eigenvalue weighted by molar-refractivity contribution is 5.91. The maximum absolute atomic E-state index is 11.6. The zero-order chi connectivity index (χ0) is 13.7. The van der Waals surface area contributed by atoms with E-state index in [4.69, 9.17) is 14.6 Å². The van der Waals surface area contributed by atoms with Crippen molar-refractivity contribution in [3.8, 4) is 0 Å². The van der Waals surface area contributed by atoms with Gasteiger partial charge in [0, 0.05) is 19.3 Å². The predicted molar refractivity (Wildman–Crippen MR) is 62.2 cm³/mol. The van der Waals surface area contributed by atoms with Gasteiger partial charge in [0.15, 0.2) is 5.69 Å². The minimum Gasteiger partial charge on any atom is -0.494 e. The Hall–Kier alpha value is -2.51. The first kappa shape index (κ1) is 12.9. The highest BCUT2D eigenvalue weighted by atomic mass is 16.6. The summed E-state index contributed by atoms with van der Waals surface area (Å²) in [5.74, 6) is -1.30. The summed E-state index contributed by atoms with van der Waals surface area (Å²) in [4.78, 5) is 25.9. The van der Waals surface area contributed by atoms with Crippen LogP contribution >= 0.6 is 0 Å². The van der Waals surface area contributed by atoms with E-state index in [2.05, 4.69) is 10.3 Å². The number of carbonyl (C=O) groups is 2. The van der Waals surface area contributed by atoms with Gasteiger partial charge in [-0.15, -0.1) is 0 Å². The third-order valence-corrected chi connectivity index (χ3v) is 2.38. The molecule has 1 aromatic heterocycles. The zero-order valence-corrected chi connectivity index (χ0v) is 10.0. The van der Waals surface area contributed by atoms with Gasteiger partial charge in [-0.25, -0.2) is 9.78 Å². The molecule has 1 aromatic rings. The van der Waals surface area contributed by atoms with Crippen molar-refractivity contribution in [2.24, 2.45) is 0 Å². The quantitative estimate of drug-likeness (QED) is 0.751. The molecule has 8 heteroatoms. The maximum Gasteiger partial charge on any atom is 0.356 e. The van der Waals surface area contributed by atoms with Crippen LogP contribution in [-0.4, -0.2) is 46.3 Å². The number of hydrogen-bond acceptors (Lipinski definition) is 5. The van der Waals surface area contributed by atoms with Gasteiger partial charge in [0.2, 0.25) is 5.76 Å². The molecule has 0 atom stereocenters. The van der Waals surface area contributed by atoms with Gasteiger partial charge in [0.1, 0.15) is 19.5 Å². The number of carboxylic acids is 1. The zero-order valence-electron chi connectivity index (χ0n) is 10.0.